The average Bonchev–Trinajstić information content (AvgIpc) is 2.99. The lowest BCUT2D eigenvalue weighted by atomic mass is 10.3. The van der Waals surface area contributed by atoms with Gasteiger partial charge in [0.1, 0.15) is 10.7 Å². The van der Waals surface area contributed by atoms with Gasteiger partial charge >= 0.3 is 0 Å². The average molecular weight is 258 g/mol. The van der Waals surface area contributed by atoms with Crippen molar-refractivity contribution in [3.05, 3.63) is 24.0 Å². The molecular weight excluding hydrogens is 243 g/mol. The summed E-state index contributed by atoms with van der Waals surface area (Å²) >= 11 is 0. The largest absolute Gasteiger partial charge is 0.398 e. The van der Waals surface area contributed by atoms with Crippen molar-refractivity contribution in [2.45, 2.75) is 30.7 Å². The minimum atomic E-state index is -3.71. The maximum absolute atomic E-state index is 13.0. The topological polar surface area (TPSA) is 72.2 Å². The molecule has 0 saturated heterocycles. The Hall–Kier alpha value is -1.14. The van der Waals surface area contributed by atoms with Crippen LogP contribution in [-0.4, -0.2) is 14.5 Å². The van der Waals surface area contributed by atoms with Crippen LogP contribution in [0.3, 0.4) is 0 Å². The van der Waals surface area contributed by atoms with Crippen LogP contribution < -0.4 is 10.5 Å². The molecule has 4 nitrogen and oxygen atoms in total. The third-order valence-electron chi connectivity index (χ3n) is 3.02. The predicted octanol–water partition coefficient (Wildman–Crippen LogP) is 1.48. The summed E-state index contributed by atoms with van der Waals surface area (Å²) in [5.74, 6) is -0.220. The highest BCUT2D eigenvalue weighted by molar-refractivity contribution is 7.89. The zero-order chi connectivity index (χ0) is 12.6. The molecule has 1 aliphatic carbocycles. The third-order valence-corrected chi connectivity index (χ3v) is 4.56. The van der Waals surface area contributed by atoms with Crippen molar-refractivity contribution in [3.63, 3.8) is 0 Å². The number of anilines is 1. The van der Waals surface area contributed by atoms with Crippen molar-refractivity contribution in [2.75, 3.05) is 5.73 Å². The smallest absolute Gasteiger partial charge is 0.242 e. The number of nitrogens with one attached hydrogen (secondary N) is 1. The molecule has 0 heterocycles. The quantitative estimate of drug-likeness (QED) is 0.804. The second-order valence-electron chi connectivity index (χ2n) is 4.31. The minimum Gasteiger partial charge on any atom is -0.398 e. The lowest BCUT2D eigenvalue weighted by Crippen LogP contribution is -2.27. The van der Waals surface area contributed by atoms with Crippen LogP contribution in [-0.2, 0) is 10.0 Å². The van der Waals surface area contributed by atoms with Gasteiger partial charge in [-0.15, -0.1) is 0 Å². The molecule has 1 aromatic rings. The van der Waals surface area contributed by atoms with E-state index in [9.17, 15) is 12.8 Å². The van der Waals surface area contributed by atoms with Crippen LogP contribution in [0.2, 0.25) is 0 Å². The molecule has 17 heavy (non-hydrogen) atoms. The van der Waals surface area contributed by atoms with Crippen LogP contribution in [0, 0.1) is 11.7 Å². The van der Waals surface area contributed by atoms with Crippen LogP contribution in [0.25, 0.3) is 0 Å². The monoisotopic (exact) mass is 258 g/mol. The van der Waals surface area contributed by atoms with Crippen molar-refractivity contribution < 1.29 is 12.8 Å². The minimum absolute atomic E-state index is 0.0346. The van der Waals surface area contributed by atoms with Gasteiger partial charge in [0.25, 0.3) is 0 Å². The summed E-state index contributed by atoms with van der Waals surface area (Å²) in [5, 5.41) is 0. The molecule has 2 atom stereocenters. The van der Waals surface area contributed by atoms with E-state index in [0.717, 1.165) is 25.0 Å². The zero-order valence-corrected chi connectivity index (χ0v) is 10.3. The van der Waals surface area contributed by atoms with E-state index in [1.165, 1.54) is 6.07 Å². The van der Waals surface area contributed by atoms with Crippen LogP contribution in [0.1, 0.15) is 19.8 Å². The number of hydrogen-bond acceptors (Lipinski definition) is 3. The Bertz CT molecular complexity index is 530. The molecule has 94 valence electrons. The Labute approximate surface area is 100 Å². The first-order valence-electron chi connectivity index (χ1n) is 5.51. The van der Waals surface area contributed by atoms with Gasteiger partial charge in [0.05, 0.1) is 5.69 Å². The number of sulfonamides is 1. The standard InChI is InChI=1S/C11H15FN2O2S/c1-2-7-5-10(7)14-17(15,16)11-6-8(12)3-4-9(11)13/h3-4,6-7,10,14H,2,5,13H2,1H3. The summed E-state index contributed by atoms with van der Waals surface area (Å²) < 4.78 is 39.5. The van der Waals surface area contributed by atoms with E-state index in [1.807, 2.05) is 6.92 Å². The van der Waals surface area contributed by atoms with Gasteiger partial charge in [-0.05, 0) is 30.5 Å². The number of nitrogens with two attached hydrogens (primary N) is 1. The molecule has 0 aromatic heterocycles. The Kier molecular flexibility index (Phi) is 3.09. The van der Waals surface area contributed by atoms with Crippen molar-refractivity contribution in [1.29, 1.82) is 0 Å². The Morgan fingerprint density at radius 2 is 2.24 bits per heavy atom. The molecule has 0 aliphatic heterocycles. The summed E-state index contributed by atoms with van der Waals surface area (Å²) in [6, 6.07) is 3.31. The van der Waals surface area contributed by atoms with Crippen molar-refractivity contribution in [3.8, 4) is 0 Å². The fourth-order valence-electron chi connectivity index (χ4n) is 1.85. The molecule has 0 spiro atoms. The summed E-state index contributed by atoms with van der Waals surface area (Å²) in [7, 11) is -3.71. The lowest BCUT2D eigenvalue weighted by molar-refractivity contribution is 0.573. The second kappa shape index (κ2) is 4.27. The zero-order valence-electron chi connectivity index (χ0n) is 9.48. The van der Waals surface area contributed by atoms with E-state index in [2.05, 4.69) is 4.72 Å². The maximum atomic E-state index is 13.0. The van der Waals surface area contributed by atoms with Crippen LogP contribution in [0.4, 0.5) is 10.1 Å². The molecule has 2 rings (SSSR count). The molecule has 3 N–H and O–H groups in total. The fraction of sp³-hybridized carbons (Fsp3) is 0.455. The maximum Gasteiger partial charge on any atom is 0.242 e. The first-order valence-corrected chi connectivity index (χ1v) is 6.99. The first-order chi connectivity index (χ1) is 7.94. The van der Waals surface area contributed by atoms with E-state index < -0.39 is 15.8 Å². The van der Waals surface area contributed by atoms with Gasteiger partial charge in [-0.25, -0.2) is 17.5 Å². The number of rotatable bonds is 4. The second-order valence-corrected chi connectivity index (χ2v) is 6.00. The molecule has 1 aliphatic rings. The van der Waals surface area contributed by atoms with E-state index in [-0.39, 0.29) is 16.6 Å². The van der Waals surface area contributed by atoms with Gasteiger partial charge in [-0.3, -0.25) is 0 Å². The van der Waals surface area contributed by atoms with Crippen LogP contribution in [0.15, 0.2) is 23.1 Å². The lowest BCUT2D eigenvalue weighted by Gasteiger charge is -2.08. The fourth-order valence-corrected chi connectivity index (χ4v) is 3.31. The van der Waals surface area contributed by atoms with Crippen molar-refractivity contribution in [2.24, 2.45) is 5.92 Å². The predicted molar refractivity (Wildman–Crippen MR) is 63.3 cm³/mol. The number of halogens is 1. The number of hydrogen-bond donors (Lipinski definition) is 2. The van der Waals surface area contributed by atoms with Gasteiger partial charge in [-0.2, -0.15) is 0 Å². The highest BCUT2D eigenvalue weighted by Gasteiger charge is 2.39. The van der Waals surface area contributed by atoms with Gasteiger partial charge in [0, 0.05) is 6.04 Å². The number of nitrogen functional groups attached to an aromatic ring is 1. The summed E-state index contributed by atoms with van der Waals surface area (Å²) in [5.41, 5.74) is 5.62. The van der Waals surface area contributed by atoms with E-state index in [0.29, 0.717) is 5.92 Å². The van der Waals surface area contributed by atoms with Gasteiger partial charge < -0.3 is 5.73 Å². The van der Waals surface area contributed by atoms with Crippen LogP contribution >= 0.6 is 0 Å². The van der Waals surface area contributed by atoms with Crippen LogP contribution in [0.5, 0.6) is 0 Å². The molecule has 1 fully saturated rings. The van der Waals surface area contributed by atoms with Gasteiger partial charge in [0.15, 0.2) is 0 Å². The summed E-state index contributed by atoms with van der Waals surface area (Å²) in [6.07, 6.45) is 1.77. The van der Waals surface area contributed by atoms with E-state index in [1.54, 1.807) is 0 Å². The molecular formula is C11H15FN2O2S. The molecule has 6 heteroatoms. The molecule has 1 aromatic carbocycles. The Balaban J connectivity index is 2.23. The highest BCUT2D eigenvalue weighted by atomic mass is 32.2. The highest BCUT2D eigenvalue weighted by Crippen LogP contribution is 2.34. The molecule has 0 radical (unpaired) electrons. The normalized spacial score (nSPS) is 23.6. The molecule has 1 saturated carbocycles. The van der Waals surface area contributed by atoms with Crippen molar-refractivity contribution >= 4 is 15.7 Å². The van der Waals surface area contributed by atoms with Gasteiger partial charge in [-0.1, -0.05) is 13.3 Å². The summed E-state index contributed by atoms with van der Waals surface area (Å²) in [4.78, 5) is -0.181. The molecule has 0 bridgehead atoms. The SMILES string of the molecule is CCC1CC1NS(=O)(=O)c1cc(F)ccc1N. The Morgan fingerprint density at radius 1 is 1.53 bits per heavy atom. The van der Waals surface area contributed by atoms with Gasteiger partial charge in [0.2, 0.25) is 10.0 Å². The Morgan fingerprint density at radius 3 is 2.82 bits per heavy atom. The molecule has 0 amide bonds. The number of benzene rings is 1. The first kappa shape index (κ1) is 12.3. The van der Waals surface area contributed by atoms with E-state index in [4.69, 9.17) is 5.73 Å². The van der Waals surface area contributed by atoms with E-state index >= 15 is 0 Å². The summed E-state index contributed by atoms with van der Waals surface area (Å²) in [6.45, 7) is 2.01. The molecule has 2 unspecified atom stereocenters. The third kappa shape index (κ3) is 2.58. The van der Waals surface area contributed by atoms with Crippen molar-refractivity contribution in [1.82, 2.24) is 4.72 Å².